The number of likely N-dealkylation sites (N-methyl/N-ethyl adjacent to an activating group) is 1. The zero-order valence-electron chi connectivity index (χ0n) is 10.9. The van der Waals surface area contributed by atoms with Gasteiger partial charge in [0.05, 0.1) is 0 Å². The van der Waals surface area contributed by atoms with E-state index in [2.05, 4.69) is 11.8 Å². The summed E-state index contributed by atoms with van der Waals surface area (Å²) < 4.78 is 0. The number of carboxylic acids is 2. The number of rotatable bonds is 5. The first-order valence-electron chi connectivity index (χ1n) is 6.11. The van der Waals surface area contributed by atoms with Gasteiger partial charge in [0, 0.05) is 12.6 Å². The fraction of sp³-hybridized carbons (Fsp3) is 0.818. The zero-order valence-corrected chi connectivity index (χ0v) is 10.9. The van der Waals surface area contributed by atoms with E-state index in [9.17, 15) is 9.59 Å². The molecule has 8 heteroatoms. The second-order valence-electron chi connectivity index (χ2n) is 4.23. The van der Waals surface area contributed by atoms with E-state index < -0.39 is 24.1 Å². The van der Waals surface area contributed by atoms with E-state index in [1.165, 1.54) is 25.9 Å². The molecule has 0 saturated carbocycles. The average molecular weight is 278 g/mol. The van der Waals surface area contributed by atoms with Crippen LogP contribution in [0.15, 0.2) is 0 Å². The van der Waals surface area contributed by atoms with Crippen LogP contribution in [0.25, 0.3) is 0 Å². The van der Waals surface area contributed by atoms with Crippen LogP contribution in [0.2, 0.25) is 0 Å². The van der Waals surface area contributed by atoms with Crippen LogP contribution < -0.4 is 5.73 Å². The third-order valence-electron chi connectivity index (χ3n) is 2.98. The molecular weight excluding hydrogens is 256 g/mol. The molecule has 6 N–H and O–H groups in total. The number of nitrogens with zero attached hydrogens (tertiary/aromatic N) is 1. The van der Waals surface area contributed by atoms with Gasteiger partial charge in [-0.15, -0.1) is 0 Å². The number of aliphatic hydroxyl groups excluding tert-OH is 2. The molecule has 0 aromatic rings. The Hall–Kier alpha value is -1.22. The van der Waals surface area contributed by atoms with Crippen LogP contribution in [0.1, 0.15) is 19.8 Å². The van der Waals surface area contributed by atoms with Crippen LogP contribution >= 0.6 is 0 Å². The third-order valence-corrected chi connectivity index (χ3v) is 2.98. The third kappa shape index (κ3) is 5.97. The summed E-state index contributed by atoms with van der Waals surface area (Å²) in [6.07, 6.45) is -1.88. The van der Waals surface area contributed by atoms with Crippen molar-refractivity contribution < 1.29 is 30.0 Å². The largest absolute Gasteiger partial charge is 0.479 e. The summed E-state index contributed by atoms with van der Waals surface area (Å²) in [5.41, 5.74) is 5.56. The molecule has 0 bridgehead atoms. The lowest BCUT2D eigenvalue weighted by molar-refractivity contribution is -0.165. The molecular formula is C11H22N2O6. The van der Waals surface area contributed by atoms with Crippen LogP contribution in [-0.4, -0.2) is 75.1 Å². The standard InChI is InChI=1S/C7H16N2.C4H6O6/c1-2-9-5-3-4-7(9)6-8;5-1(3(7)8)2(6)4(9)10/h7H,2-6,8H2,1H3;1-2,5-6H,(H,7,8)(H,9,10). The second kappa shape index (κ2) is 8.81. The first-order valence-corrected chi connectivity index (χ1v) is 6.11. The molecule has 0 radical (unpaired) electrons. The van der Waals surface area contributed by atoms with Gasteiger partial charge in [0.15, 0.2) is 12.2 Å². The molecule has 0 amide bonds. The van der Waals surface area contributed by atoms with Gasteiger partial charge in [-0.05, 0) is 25.9 Å². The lowest BCUT2D eigenvalue weighted by Gasteiger charge is -2.20. The molecule has 1 saturated heterocycles. The van der Waals surface area contributed by atoms with Gasteiger partial charge in [-0.3, -0.25) is 4.90 Å². The van der Waals surface area contributed by atoms with E-state index in [0.717, 1.165) is 6.54 Å². The Bertz CT molecular complexity index is 271. The maximum atomic E-state index is 9.77. The van der Waals surface area contributed by atoms with Crippen LogP contribution in [-0.2, 0) is 9.59 Å². The topological polar surface area (TPSA) is 144 Å². The van der Waals surface area contributed by atoms with E-state index in [4.69, 9.17) is 26.2 Å². The van der Waals surface area contributed by atoms with Crippen LogP contribution in [0.5, 0.6) is 0 Å². The Morgan fingerprint density at radius 1 is 1.26 bits per heavy atom. The Morgan fingerprint density at radius 2 is 1.74 bits per heavy atom. The number of likely N-dealkylation sites (tertiary alicyclic amines) is 1. The van der Waals surface area contributed by atoms with E-state index in [-0.39, 0.29) is 0 Å². The molecule has 0 aromatic heterocycles. The number of carboxylic acid groups (broad SMARTS) is 2. The molecule has 1 aliphatic rings. The highest BCUT2D eigenvalue weighted by Gasteiger charge is 2.29. The molecule has 1 aliphatic heterocycles. The summed E-state index contributed by atoms with van der Waals surface area (Å²) >= 11 is 0. The normalized spacial score (nSPS) is 22.2. The molecule has 0 aliphatic carbocycles. The minimum Gasteiger partial charge on any atom is -0.479 e. The summed E-state index contributed by atoms with van der Waals surface area (Å²) in [5.74, 6) is -3.54. The highest BCUT2D eigenvalue weighted by Crippen LogP contribution is 2.14. The smallest absolute Gasteiger partial charge is 0.335 e. The van der Waals surface area contributed by atoms with E-state index in [1.807, 2.05) is 0 Å². The van der Waals surface area contributed by atoms with E-state index >= 15 is 0 Å². The summed E-state index contributed by atoms with van der Waals surface area (Å²) in [6.45, 7) is 5.47. The number of hydrogen-bond acceptors (Lipinski definition) is 6. The van der Waals surface area contributed by atoms with Gasteiger partial charge in [-0.1, -0.05) is 6.92 Å². The Morgan fingerprint density at radius 3 is 2.00 bits per heavy atom. The number of aliphatic carboxylic acids is 2. The zero-order chi connectivity index (χ0) is 15.0. The lowest BCUT2D eigenvalue weighted by atomic mass is 10.2. The predicted octanol–water partition coefficient (Wildman–Crippen LogP) is -1.69. The molecule has 1 heterocycles. The molecule has 0 aromatic carbocycles. The van der Waals surface area contributed by atoms with Crippen LogP contribution in [0, 0.1) is 0 Å². The van der Waals surface area contributed by atoms with Crippen molar-refractivity contribution in [1.29, 1.82) is 0 Å². The van der Waals surface area contributed by atoms with Crippen molar-refractivity contribution in [3.8, 4) is 0 Å². The number of carbonyl (C=O) groups is 2. The highest BCUT2D eigenvalue weighted by atomic mass is 16.4. The Kier molecular flexibility index (Phi) is 8.24. The Labute approximate surface area is 111 Å². The molecule has 1 fully saturated rings. The summed E-state index contributed by atoms with van der Waals surface area (Å²) in [7, 11) is 0. The quantitative estimate of drug-likeness (QED) is 0.400. The SMILES string of the molecule is CCN1CCCC1CN.O=C(O)C(O)C(O)C(=O)O. The highest BCUT2D eigenvalue weighted by molar-refractivity contribution is 5.83. The fourth-order valence-electron chi connectivity index (χ4n) is 1.85. The summed E-state index contributed by atoms with van der Waals surface area (Å²) in [5, 5.41) is 32.5. The number of hydrogen-bond donors (Lipinski definition) is 5. The summed E-state index contributed by atoms with van der Waals surface area (Å²) in [6, 6.07) is 0.690. The minimum atomic E-state index is -2.27. The minimum absolute atomic E-state index is 0.690. The van der Waals surface area contributed by atoms with E-state index in [1.54, 1.807) is 0 Å². The number of aliphatic hydroxyl groups is 2. The van der Waals surface area contributed by atoms with Crippen LogP contribution in [0.3, 0.4) is 0 Å². The van der Waals surface area contributed by atoms with Crippen molar-refractivity contribution in [3.63, 3.8) is 0 Å². The van der Waals surface area contributed by atoms with Gasteiger partial charge in [0.25, 0.3) is 0 Å². The predicted molar refractivity (Wildman–Crippen MR) is 66.6 cm³/mol. The lowest BCUT2D eigenvalue weighted by Crippen LogP contribution is -2.39. The number of nitrogens with two attached hydrogens (primary N) is 1. The van der Waals surface area contributed by atoms with Crippen molar-refractivity contribution in [2.24, 2.45) is 5.73 Å². The van der Waals surface area contributed by atoms with Crippen molar-refractivity contribution in [2.45, 2.75) is 38.0 Å². The summed E-state index contributed by atoms with van der Waals surface area (Å²) in [4.78, 5) is 22.0. The molecule has 1 rings (SSSR count). The van der Waals surface area contributed by atoms with Gasteiger partial charge in [-0.25, -0.2) is 9.59 Å². The fourth-order valence-corrected chi connectivity index (χ4v) is 1.85. The van der Waals surface area contributed by atoms with Gasteiger partial charge in [-0.2, -0.15) is 0 Å². The molecule has 3 atom stereocenters. The maximum absolute atomic E-state index is 9.77. The monoisotopic (exact) mass is 278 g/mol. The van der Waals surface area contributed by atoms with Gasteiger partial charge < -0.3 is 26.2 Å². The van der Waals surface area contributed by atoms with Crippen molar-refractivity contribution in [3.05, 3.63) is 0 Å². The second-order valence-corrected chi connectivity index (χ2v) is 4.23. The molecule has 0 spiro atoms. The Balaban J connectivity index is 0.000000342. The molecule has 19 heavy (non-hydrogen) atoms. The molecule has 8 nitrogen and oxygen atoms in total. The van der Waals surface area contributed by atoms with Gasteiger partial charge in [0.2, 0.25) is 0 Å². The molecule has 3 unspecified atom stereocenters. The van der Waals surface area contributed by atoms with Gasteiger partial charge >= 0.3 is 11.9 Å². The average Bonchev–Trinajstić information content (AvgIpc) is 2.84. The van der Waals surface area contributed by atoms with E-state index in [0.29, 0.717) is 6.04 Å². The van der Waals surface area contributed by atoms with Crippen molar-refractivity contribution in [1.82, 2.24) is 4.90 Å². The van der Waals surface area contributed by atoms with Crippen molar-refractivity contribution >= 4 is 11.9 Å². The first kappa shape index (κ1) is 17.8. The maximum Gasteiger partial charge on any atom is 0.335 e. The van der Waals surface area contributed by atoms with Crippen molar-refractivity contribution in [2.75, 3.05) is 19.6 Å². The van der Waals surface area contributed by atoms with Gasteiger partial charge in [0.1, 0.15) is 0 Å². The first-order chi connectivity index (χ1) is 8.84. The van der Waals surface area contributed by atoms with Crippen LogP contribution in [0.4, 0.5) is 0 Å². The molecule has 112 valence electrons.